The Bertz CT molecular complexity index is 187. The van der Waals surface area contributed by atoms with Crippen molar-refractivity contribution in [1.29, 1.82) is 0 Å². The molecular formula is C13H31NO4P2. The molecule has 0 bridgehead atoms. The Labute approximate surface area is 127 Å². The Morgan fingerprint density at radius 2 is 1.15 bits per heavy atom. The molecule has 0 heterocycles. The fourth-order valence-corrected chi connectivity index (χ4v) is 3.89. The van der Waals surface area contributed by atoms with Gasteiger partial charge >= 0.3 is 0 Å². The molecule has 0 aliphatic rings. The minimum atomic E-state index is -0.0493. The standard InChI is InChI=1S/C13H31NO4P2/c1-6-7-14(8-10-19-12(15-2)16-3)9-11-20-13(17-4)18-5/h12-13,19-20H,6-11H2,1-5H3. The van der Waals surface area contributed by atoms with Crippen LogP contribution in [0.4, 0.5) is 0 Å². The molecule has 0 saturated heterocycles. The molecule has 5 nitrogen and oxygen atoms in total. The summed E-state index contributed by atoms with van der Waals surface area (Å²) in [6.45, 7) is 5.57. The van der Waals surface area contributed by atoms with E-state index in [-0.39, 0.29) is 12.1 Å². The number of hydrogen-bond acceptors (Lipinski definition) is 5. The van der Waals surface area contributed by atoms with Gasteiger partial charge in [0, 0.05) is 41.5 Å². The molecule has 122 valence electrons. The van der Waals surface area contributed by atoms with Gasteiger partial charge in [-0.1, -0.05) is 24.1 Å². The van der Waals surface area contributed by atoms with Crippen molar-refractivity contribution in [3.05, 3.63) is 0 Å². The highest BCUT2D eigenvalue weighted by Crippen LogP contribution is 2.22. The van der Waals surface area contributed by atoms with E-state index in [9.17, 15) is 0 Å². The van der Waals surface area contributed by atoms with Crippen molar-refractivity contribution in [2.75, 3.05) is 60.4 Å². The van der Waals surface area contributed by atoms with Gasteiger partial charge in [-0.2, -0.15) is 0 Å². The van der Waals surface area contributed by atoms with E-state index >= 15 is 0 Å². The molecular weight excluding hydrogens is 296 g/mol. The Kier molecular flexibility index (Phi) is 15.1. The molecule has 0 aromatic carbocycles. The van der Waals surface area contributed by atoms with Crippen LogP contribution < -0.4 is 0 Å². The maximum absolute atomic E-state index is 5.22. The second-order valence-electron chi connectivity index (χ2n) is 4.36. The lowest BCUT2D eigenvalue weighted by Gasteiger charge is -2.23. The van der Waals surface area contributed by atoms with Crippen molar-refractivity contribution in [2.24, 2.45) is 0 Å². The highest BCUT2D eigenvalue weighted by atomic mass is 31.1. The summed E-state index contributed by atoms with van der Waals surface area (Å²) in [4.78, 5) is 2.50. The van der Waals surface area contributed by atoms with Crippen molar-refractivity contribution in [3.63, 3.8) is 0 Å². The quantitative estimate of drug-likeness (QED) is 0.361. The molecule has 0 rings (SSSR count). The number of methoxy groups -OCH3 is 4. The third kappa shape index (κ3) is 10.4. The molecule has 0 amide bonds. The summed E-state index contributed by atoms with van der Waals surface area (Å²) in [5.74, 6) is 0. The van der Waals surface area contributed by atoms with Crippen molar-refractivity contribution in [2.45, 2.75) is 25.4 Å². The van der Waals surface area contributed by atoms with Gasteiger partial charge in [-0.3, -0.25) is 0 Å². The van der Waals surface area contributed by atoms with Crippen molar-refractivity contribution in [1.82, 2.24) is 4.90 Å². The van der Waals surface area contributed by atoms with Crippen molar-refractivity contribution in [3.8, 4) is 0 Å². The van der Waals surface area contributed by atoms with Gasteiger partial charge in [-0.15, -0.1) is 0 Å². The smallest absolute Gasteiger partial charge is 0.172 e. The lowest BCUT2D eigenvalue weighted by molar-refractivity contribution is -0.0373. The highest BCUT2D eigenvalue weighted by Gasteiger charge is 2.09. The summed E-state index contributed by atoms with van der Waals surface area (Å²) in [6, 6.07) is -0.0987. The van der Waals surface area contributed by atoms with Crippen LogP contribution in [0, 0.1) is 0 Å². The molecule has 7 heteroatoms. The molecule has 2 atom stereocenters. The van der Waals surface area contributed by atoms with Crippen LogP contribution in [0.5, 0.6) is 0 Å². The van der Waals surface area contributed by atoms with E-state index in [4.69, 9.17) is 18.9 Å². The molecule has 0 spiro atoms. The summed E-state index contributed by atoms with van der Waals surface area (Å²) in [7, 11) is 8.16. The van der Waals surface area contributed by atoms with Gasteiger partial charge in [-0.25, -0.2) is 0 Å². The zero-order valence-electron chi connectivity index (χ0n) is 13.5. The monoisotopic (exact) mass is 327 g/mol. The van der Waals surface area contributed by atoms with Gasteiger partial charge in [0.25, 0.3) is 0 Å². The fourth-order valence-electron chi connectivity index (χ4n) is 1.86. The van der Waals surface area contributed by atoms with Crippen molar-refractivity contribution < 1.29 is 18.9 Å². The van der Waals surface area contributed by atoms with Crippen LogP contribution in [0.1, 0.15) is 13.3 Å². The van der Waals surface area contributed by atoms with E-state index < -0.39 is 0 Å². The minimum absolute atomic E-state index is 0.0493. The largest absolute Gasteiger partial charge is 0.352 e. The number of rotatable bonds is 14. The lowest BCUT2D eigenvalue weighted by Crippen LogP contribution is -2.30. The summed E-state index contributed by atoms with van der Waals surface area (Å²) in [6.07, 6.45) is 3.42. The molecule has 0 fully saturated rings. The average Bonchev–Trinajstić information content (AvgIpc) is 2.48. The maximum atomic E-state index is 5.22. The minimum Gasteiger partial charge on any atom is -0.352 e. The summed E-state index contributed by atoms with van der Waals surface area (Å²) in [5, 5.41) is 0. The highest BCUT2D eigenvalue weighted by molar-refractivity contribution is 7.38. The number of nitrogens with zero attached hydrogens (tertiary/aromatic N) is 1. The molecule has 0 saturated carbocycles. The first-order valence-corrected chi connectivity index (χ1v) is 9.58. The molecule has 0 aliphatic carbocycles. The van der Waals surface area contributed by atoms with E-state index in [0.717, 1.165) is 32.0 Å². The van der Waals surface area contributed by atoms with E-state index in [0.29, 0.717) is 17.2 Å². The number of hydrogen-bond donors (Lipinski definition) is 0. The molecule has 0 radical (unpaired) electrons. The average molecular weight is 327 g/mol. The van der Waals surface area contributed by atoms with Crippen LogP contribution in [0.15, 0.2) is 0 Å². The third-order valence-electron chi connectivity index (χ3n) is 2.87. The second-order valence-corrected chi connectivity index (χ2v) is 7.12. The molecule has 0 aromatic rings. The van der Waals surface area contributed by atoms with Gasteiger partial charge < -0.3 is 23.8 Å². The zero-order valence-corrected chi connectivity index (χ0v) is 15.5. The number of ether oxygens (including phenoxy) is 4. The van der Waals surface area contributed by atoms with Gasteiger partial charge in [0.1, 0.15) is 0 Å². The predicted octanol–water partition coefficient (Wildman–Crippen LogP) is 2.21. The van der Waals surface area contributed by atoms with Crippen LogP contribution in [-0.2, 0) is 18.9 Å². The molecule has 0 aliphatic heterocycles. The summed E-state index contributed by atoms with van der Waals surface area (Å²) in [5.41, 5.74) is 0. The molecule has 20 heavy (non-hydrogen) atoms. The predicted molar refractivity (Wildman–Crippen MR) is 88.7 cm³/mol. The van der Waals surface area contributed by atoms with Gasteiger partial charge in [0.05, 0.1) is 0 Å². The first-order valence-electron chi connectivity index (χ1n) is 7.02. The topological polar surface area (TPSA) is 40.2 Å². The van der Waals surface area contributed by atoms with Crippen LogP contribution >= 0.6 is 17.2 Å². The summed E-state index contributed by atoms with van der Waals surface area (Å²) < 4.78 is 20.9. The zero-order chi connectivity index (χ0) is 15.2. The van der Waals surface area contributed by atoms with E-state index in [1.165, 1.54) is 6.42 Å². The van der Waals surface area contributed by atoms with E-state index in [1.54, 1.807) is 28.4 Å². The van der Waals surface area contributed by atoms with Crippen LogP contribution in [0.3, 0.4) is 0 Å². The molecule has 2 unspecified atom stereocenters. The van der Waals surface area contributed by atoms with E-state index in [2.05, 4.69) is 11.8 Å². The lowest BCUT2D eigenvalue weighted by atomic mass is 10.4. The van der Waals surface area contributed by atoms with Crippen LogP contribution in [0.25, 0.3) is 0 Å². The van der Waals surface area contributed by atoms with Crippen molar-refractivity contribution >= 4 is 17.2 Å². The Morgan fingerprint density at radius 3 is 1.45 bits per heavy atom. The molecule has 0 N–H and O–H groups in total. The van der Waals surface area contributed by atoms with Crippen LogP contribution in [-0.4, -0.2) is 77.4 Å². The van der Waals surface area contributed by atoms with E-state index in [1.807, 2.05) is 0 Å². The van der Waals surface area contributed by atoms with Crippen LogP contribution in [0.2, 0.25) is 0 Å². The normalized spacial score (nSPS) is 13.2. The first-order chi connectivity index (χ1) is 9.71. The third-order valence-corrected chi connectivity index (χ3v) is 5.51. The van der Waals surface area contributed by atoms with Gasteiger partial charge in [0.2, 0.25) is 0 Å². The Balaban J connectivity index is 3.85. The Hall–Kier alpha value is 0.660. The fraction of sp³-hybridized carbons (Fsp3) is 1.00. The first kappa shape index (κ1) is 20.7. The Morgan fingerprint density at radius 1 is 0.750 bits per heavy atom. The maximum Gasteiger partial charge on any atom is 0.172 e. The SMILES string of the molecule is CCCN(CCPC(OC)OC)CCPC(OC)OC. The summed E-state index contributed by atoms with van der Waals surface area (Å²) >= 11 is 0. The molecule has 0 aromatic heterocycles. The van der Waals surface area contributed by atoms with Gasteiger partial charge in [-0.05, 0) is 25.3 Å². The second kappa shape index (κ2) is 14.6. The van der Waals surface area contributed by atoms with Gasteiger partial charge in [0.15, 0.2) is 12.1 Å².